The number of nitrogens with one attached hydrogen (secondary N) is 2. The summed E-state index contributed by atoms with van der Waals surface area (Å²) < 4.78 is 33.2. The van der Waals surface area contributed by atoms with Crippen LogP contribution in [0.2, 0.25) is 0 Å². The number of sulfonamides is 1. The molecule has 0 bridgehead atoms. The van der Waals surface area contributed by atoms with Crippen LogP contribution in [-0.4, -0.2) is 33.4 Å². The molecule has 148 valence electrons. The zero-order chi connectivity index (χ0) is 19.3. The van der Waals surface area contributed by atoms with Crippen LogP contribution in [0, 0.1) is 5.92 Å². The molecule has 2 unspecified atom stereocenters. The Balaban J connectivity index is 1.64. The Labute approximate surface area is 162 Å². The van der Waals surface area contributed by atoms with Crippen molar-refractivity contribution in [1.82, 2.24) is 5.32 Å². The lowest BCUT2D eigenvalue weighted by molar-refractivity contribution is 0.189. The molecule has 0 fully saturated rings. The van der Waals surface area contributed by atoms with Crippen molar-refractivity contribution in [3.8, 4) is 5.75 Å². The van der Waals surface area contributed by atoms with Gasteiger partial charge in [-0.3, -0.25) is 4.72 Å². The van der Waals surface area contributed by atoms with Gasteiger partial charge in [-0.15, -0.1) is 0 Å². The number of ether oxygens (including phenoxy) is 1. The molecule has 1 aromatic rings. The summed E-state index contributed by atoms with van der Waals surface area (Å²) in [6.07, 6.45) is 8.08. The van der Waals surface area contributed by atoms with Crippen molar-refractivity contribution in [2.24, 2.45) is 5.92 Å². The minimum absolute atomic E-state index is 0.0451. The van der Waals surface area contributed by atoms with E-state index in [1.54, 1.807) is 12.1 Å². The molecule has 0 radical (unpaired) electrons. The smallest absolute Gasteiger partial charge is 0.232 e. The van der Waals surface area contributed by atoms with Gasteiger partial charge >= 0.3 is 0 Å². The van der Waals surface area contributed by atoms with Crippen LogP contribution in [0.15, 0.2) is 47.6 Å². The van der Waals surface area contributed by atoms with Gasteiger partial charge in [0, 0.05) is 18.2 Å². The minimum atomic E-state index is -3.29. The van der Waals surface area contributed by atoms with Gasteiger partial charge < -0.3 is 10.1 Å². The van der Waals surface area contributed by atoms with Crippen molar-refractivity contribution in [2.45, 2.75) is 45.6 Å². The summed E-state index contributed by atoms with van der Waals surface area (Å²) in [4.78, 5) is 0. The first-order valence-electron chi connectivity index (χ1n) is 9.86. The zero-order valence-electron chi connectivity index (χ0n) is 16.2. The Morgan fingerprint density at radius 3 is 2.74 bits per heavy atom. The van der Waals surface area contributed by atoms with Crippen LogP contribution in [-0.2, 0) is 10.0 Å². The molecular formula is C21H30N2O3S. The second-order valence-corrected chi connectivity index (χ2v) is 9.23. The number of unbranched alkanes of at least 4 members (excludes halogenated alkanes) is 2. The Kier molecular flexibility index (Phi) is 6.60. The molecule has 6 heteroatoms. The molecule has 2 N–H and O–H groups in total. The van der Waals surface area contributed by atoms with Crippen molar-refractivity contribution in [1.29, 1.82) is 0 Å². The van der Waals surface area contributed by atoms with Crippen LogP contribution < -0.4 is 14.8 Å². The normalized spacial score (nSPS) is 22.4. The number of hydrogen-bond acceptors (Lipinski definition) is 4. The molecule has 0 saturated carbocycles. The van der Waals surface area contributed by atoms with Crippen LogP contribution in [0.3, 0.4) is 0 Å². The molecule has 0 amide bonds. The third kappa shape index (κ3) is 5.36. The first-order chi connectivity index (χ1) is 13.0. The predicted octanol–water partition coefficient (Wildman–Crippen LogP) is 3.86. The molecule has 5 nitrogen and oxygen atoms in total. The van der Waals surface area contributed by atoms with Gasteiger partial charge in [-0.05, 0) is 54.8 Å². The van der Waals surface area contributed by atoms with Gasteiger partial charge in [0.15, 0.2) is 0 Å². The summed E-state index contributed by atoms with van der Waals surface area (Å²) in [5.74, 6) is 1.25. The number of hydrogen-bond donors (Lipinski definition) is 2. The van der Waals surface area contributed by atoms with E-state index in [-0.39, 0.29) is 11.9 Å². The average molecular weight is 391 g/mol. The lowest BCUT2D eigenvalue weighted by atomic mass is 9.84. The van der Waals surface area contributed by atoms with E-state index in [1.807, 2.05) is 12.1 Å². The van der Waals surface area contributed by atoms with Gasteiger partial charge in [-0.25, -0.2) is 8.42 Å². The average Bonchev–Trinajstić information content (AvgIpc) is 2.65. The van der Waals surface area contributed by atoms with Crippen molar-refractivity contribution in [3.05, 3.63) is 47.6 Å². The van der Waals surface area contributed by atoms with Gasteiger partial charge in [0.25, 0.3) is 0 Å². The fraction of sp³-hybridized carbons (Fsp3) is 0.524. The van der Waals surface area contributed by atoms with E-state index >= 15 is 0 Å². The highest BCUT2D eigenvalue weighted by atomic mass is 32.2. The SMILES string of the molecule is CCCCCS(=O)(=O)Nc1ccc(OC2C3=C(C=CC2C)CNCC3)cc1. The summed E-state index contributed by atoms with van der Waals surface area (Å²) >= 11 is 0. The Morgan fingerprint density at radius 1 is 1.22 bits per heavy atom. The highest BCUT2D eigenvalue weighted by Gasteiger charge is 2.28. The maximum atomic E-state index is 12.1. The van der Waals surface area contributed by atoms with Crippen molar-refractivity contribution >= 4 is 15.7 Å². The molecule has 0 spiro atoms. The van der Waals surface area contributed by atoms with Crippen molar-refractivity contribution in [3.63, 3.8) is 0 Å². The second kappa shape index (κ2) is 8.93. The quantitative estimate of drug-likeness (QED) is 0.662. The standard InChI is InChI=1S/C21H30N2O3S/c1-3-4-5-14-27(24,25)23-18-8-10-19(11-9-18)26-21-16(2)6-7-17-15-22-13-12-20(17)21/h6-11,16,21-23H,3-5,12-15H2,1-2H3. The first-order valence-corrected chi connectivity index (χ1v) is 11.5. The van der Waals surface area contributed by atoms with E-state index in [0.29, 0.717) is 18.0 Å². The molecular weight excluding hydrogens is 360 g/mol. The van der Waals surface area contributed by atoms with Crippen LogP contribution in [0.25, 0.3) is 0 Å². The fourth-order valence-electron chi connectivity index (χ4n) is 3.60. The van der Waals surface area contributed by atoms with E-state index in [4.69, 9.17) is 4.74 Å². The molecule has 27 heavy (non-hydrogen) atoms. The monoisotopic (exact) mass is 390 g/mol. The molecule has 1 aliphatic carbocycles. The van der Waals surface area contributed by atoms with Crippen LogP contribution in [0.5, 0.6) is 5.75 Å². The lowest BCUT2D eigenvalue weighted by Crippen LogP contribution is -2.36. The minimum Gasteiger partial charge on any atom is -0.485 e. The maximum absolute atomic E-state index is 12.1. The molecule has 2 atom stereocenters. The van der Waals surface area contributed by atoms with Gasteiger partial charge in [0.1, 0.15) is 11.9 Å². The van der Waals surface area contributed by atoms with Gasteiger partial charge in [0.05, 0.1) is 5.75 Å². The van der Waals surface area contributed by atoms with Gasteiger partial charge in [0.2, 0.25) is 10.0 Å². The molecule has 1 aromatic carbocycles. The third-order valence-corrected chi connectivity index (χ3v) is 6.50. The third-order valence-electron chi connectivity index (χ3n) is 5.13. The maximum Gasteiger partial charge on any atom is 0.232 e. The second-order valence-electron chi connectivity index (χ2n) is 7.39. The van der Waals surface area contributed by atoms with E-state index in [9.17, 15) is 8.42 Å². The first kappa shape index (κ1) is 20.0. The summed E-state index contributed by atoms with van der Waals surface area (Å²) in [6, 6.07) is 7.23. The highest BCUT2D eigenvalue weighted by Crippen LogP contribution is 2.32. The van der Waals surface area contributed by atoms with Crippen LogP contribution >= 0.6 is 0 Å². The Bertz CT molecular complexity index is 797. The van der Waals surface area contributed by atoms with E-state index < -0.39 is 10.0 Å². The zero-order valence-corrected chi connectivity index (χ0v) is 17.0. The molecule has 0 aromatic heterocycles. The molecule has 2 aliphatic rings. The van der Waals surface area contributed by atoms with Crippen molar-refractivity contribution < 1.29 is 13.2 Å². The van der Waals surface area contributed by atoms with Gasteiger partial charge in [-0.1, -0.05) is 38.8 Å². The molecule has 1 heterocycles. The van der Waals surface area contributed by atoms with Crippen molar-refractivity contribution in [2.75, 3.05) is 23.6 Å². The summed E-state index contributed by atoms with van der Waals surface area (Å²) in [6.45, 7) is 6.12. The number of benzene rings is 1. The highest BCUT2D eigenvalue weighted by molar-refractivity contribution is 7.92. The number of anilines is 1. The summed E-state index contributed by atoms with van der Waals surface area (Å²) in [7, 11) is -3.29. The van der Waals surface area contributed by atoms with E-state index in [0.717, 1.165) is 38.1 Å². The summed E-state index contributed by atoms with van der Waals surface area (Å²) in [5.41, 5.74) is 3.29. The predicted molar refractivity (Wildman–Crippen MR) is 111 cm³/mol. The molecule has 3 rings (SSSR count). The van der Waals surface area contributed by atoms with Gasteiger partial charge in [-0.2, -0.15) is 0 Å². The largest absolute Gasteiger partial charge is 0.485 e. The number of rotatable bonds is 8. The van der Waals surface area contributed by atoms with E-state index in [2.05, 4.69) is 36.0 Å². The van der Waals surface area contributed by atoms with Crippen LogP contribution in [0.4, 0.5) is 5.69 Å². The Morgan fingerprint density at radius 2 is 2.00 bits per heavy atom. The van der Waals surface area contributed by atoms with Crippen LogP contribution in [0.1, 0.15) is 39.5 Å². The van der Waals surface area contributed by atoms with E-state index in [1.165, 1.54) is 11.1 Å². The topological polar surface area (TPSA) is 67.4 Å². The Hall–Kier alpha value is -1.79. The molecule has 1 aliphatic heterocycles. The molecule has 0 saturated heterocycles. The fourth-order valence-corrected chi connectivity index (χ4v) is 4.78. The summed E-state index contributed by atoms with van der Waals surface area (Å²) in [5, 5.41) is 3.40. The lowest BCUT2D eigenvalue weighted by Gasteiger charge is -2.33.